The molecule has 140 valence electrons. The minimum atomic E-state index is -0.104. The maximum absolute atomic E-state index is 12.6. The van der Waals surface area contributed by atoms with Crippen molar-refractivity contribution in [1.29, 1.82) is 0 Å². The quantitative estimate of drug-likeness (QED) is 0.725. The highest BCUT2D eigenvalue weighted by molar-refractivity contribution is 6.04. The Labute approximate surface area is 154 Å². The molecule has 0 saturated heterocycles. The van der Waals surface area contributed by atoms with Crippen LogP contribution in [0.2, 0.25) is 0 Å². The number of anilines is 2. The summed E-state index contributed by atoms with van der Waals surface area (Å²) in [5, 5.41) is 9.76. The third-order valence-electron chi connectivity index (χ3n) is 4.54. The number of para-hydroxylation sites is 1. The van der Waals surface area contributed by atoms with E-state index in [2.05, 4.69) is 16.0 Å². The SMILES string of the molecule is COC1=C2Nc3cccc(C(=O)NCCN(C)C)c3NC2=C(OC)CC1. The molecule has 1 aliphatic carbocycles. The minimum absolute atomic E-state index is 0.104. The van der Waals surface area contributed by atoms with E-state index in [1.54, 1.807) is 14.2 Å². The average molecular weight is 358 g/mol. The number of carbonyl (C=O) groups is 1. The number of likely N-dealkylation sites (N-methyl/N-ethyl adjacent to an activating group) is 1. The van der Waals surface area contributed by atoms with Gasteiger partial charge in [-0.15, -0.1) is 0 Å². The van der Waals surface area contributed by atoms with E-state index >= 15 is 0 Å². The molecule has 0 saturated carbocycles. The van der Waals surface area contributed by atoms with Crippen molar-refractivity contribution in [2.24, 2.45) is 0 Å². The van der Waals surface area contributed by atoms with Crippen LogP contribution in [0.1, 0.15) is 23.2 Å². The number of nitrogens with zero attached hydrogens (tertiary/aromatic N) is 1. The molecule has 7 nitrogen and oxygen atoms in total. The molecule has 0 bridgehead atoms. The molecule has 1 heterocycles. The number of hydrogen-bond donors (Lipinski definition) is 3. The number of carbonyl (C=O) groups excluding carboxylic acids is 1. The van der Waals surface area contributed by atoms with Crippen LogP contribution in [0.15, 0.2) is 41.1 Å². The first-order valence-corrected chi connectivity index (χ1v) is 8.69. The molecule has 7 heteroatoms. The summed E-state index contributed by atoms with van der Waals surface area (Å²) in [6, 6.07) is 5.63. The monoisotopic (exact) mass is 358 g/mol. The molecule has 3 N–H and O–H groups in total. The van der Waals surface area contributed by atoms with Crippen LogP contribution < -0.4 is 16.0 Å². The molecule has 0 radical (unpaired) electrons. The molecule has 1 aliphatic heterocycles. The van der Waals surface area contributed by atoms with Gasteiger partial charge in [-0.25, -0.2) is 0 Å². The zero-order chi connectivity index (χ0) is 18.7. The van der Waals surface area contributed by atoms with E-state index in [1.807, 2.05) is 37.2 Å². The molecule has 1 aromatic carbocycles. The Bertz CT molecular complexity index is 768. The van der Waals surface area contributed by atoms with E-state index in [9.17, 15) is 4.79 Å². The number of fused-ring (bicyclic) bond motifs is 2. The van der Waals surface area contributed by atoms with Gasteiger partial charge in [-0.05, 0) is 26.2 Å². The van der Waals surface area contributed by atoms with Crippen LogP contribution in [0.3, 0.4) is 0 Å². The summed E-state index contributed by atoms with van der Waals surface area (Å²) < 4.78 is 11.1. The highest BCUT2D eigenvalue weighted by Crippen LogP contribution is 2.40. The van der Waals surface area contributed by atoms with Crippen LogP contribution >= 0.6 is 0 Å². The van der Waals surface area contributed by atoms with Gasteiger partial charge in [-0.2, -0.15) is 0 Å². The molecule has 0 unspecified atom stereocenters. The number of methoxy groups -OCH3 is 2. The van der Waals surface area contributed by atoms with Crippen LogP contribution in [0.25, 0.3) is 0 Å². The lowest BCUT2D eigenvalue weighted by Gasteiger charge is -2.32. The van der Waals surface area contributed by atoms with Crippen molar-refractivity contribution in [3.05, 3.63) is 46.7 Å². The molecular formula is C19H26N4O3. The van der Waals surface area contributed by atoms with Crippen molar-refractivity contribution in [2.75, 3.05) is 52.0 Å². The van der Waals surface area contributed by atoms with Crippen molar-refractivity contribution >= 4 is 17.3 Å². The Morgan fingerprint density at radius 1 is 1.12 bits per heavy atom. The fourth-order valence-electron chi connectivity index (χ4n) is 3.16. The summed E-state index contributed by atoms with van der Waals surface area (Å²) >= 11 is 0. The van der Waals surface area contributed by atoms with Gasteiger partial charge in [0.15, 0.2) is 0 Å². The van der Waals surface area contributed by atoms with Gasteiger partial charge in [0.25, 0.3) is 5.91 Å². The van der Waals surface area contributed by atoms with Crippen LogP contribution in [-0.2, 0) is 9.47 Å². The van der Waals surface area contributed by atoms with Crippen molar-refractivity contribution in [1.82, 2.24) is 10.2 Å². The second kappa shape index (κ2) is 7.70. The molecule has 3 rings (SSSR count). The van der Waals surface area contributed by atoms with E-state index in [0.717, 1.165) is 53.7 Å². The summed E-state index contributed by atoms with van der Waals surface area (Å²) in [7, 11) is 7.29. The normalized spacial score (nSPS) is 15.7. The third-order valence-corrected chi connectivity index (χ3v) is 4.54. The van der Waals surface area contributed by atoms with Gasteiger partial charge >= 0.3 is 0 Å². The fraction of sp³-hybridized carbons (Fsp3) is 0.421. The Hall–Kier alpha value is -2.67. The standard InChI is InChI=1S/C19H26N4O3/c1-23(2)11-10-20-19(24)12-6-5-7-13-16(12)22-18-15(26-4)9-8-14(25-3)17(18)21-13/h5-7,21-22H,8-11H2,1-4H3,(H,20,24). The lowest BCUT2D eigenvalue weighted by molar-refractivity contribution is 0.0952. The van der Waals surface area contributed by atoms with Gasteiger partial charge in [0.2, 0.25) is 0 Å². The topological polar surface area (TPSA) is 74.9 Å². The van der Waals surface area contributed by atoms with Crippen molar-refractivity contribution in [2.45, 2.75) is 12.8 Å². The molecule has 0 atom stereocenters. The number of amides is 1. The molecule has 1 amide bonds. The average Bonchev–Trinajstić information content (AvgIpc) is 2.64. The van der Waals surface area contributed by atoms with Crippen molar-refractivity contribution in [3.63, 3.8) is 0 Å². The Balaban J connectivity index is 1.93. The van der Waals surface area contributed by atoms with E-state index in [4.69, 9.17) is 9.47 Å². The van der Waals surface area contributed by atoms with Crippen LogP contribution in [0.5, 0.6) is 0 Å². The summed E-state index contributed by atoms with van der Waals surface area (Å²) in [6.07, 6.45) is 1.52. The molecule has 0 fully saturated rings. The first kappa shape index (κ1) is 18.1. The van der Waals surface area contributed by atoms with Crippen LogP contribution in [-0.4, -0.2) is 52.2 Å². The highest BCUT2D eigenvalue weighted by Gasteiger charge is 2.30. The number of rotatable bonds is 6. The van der Waals surface area contributed by atoms with E-state index in [1.165, 1.54) is 0 Å². The molecule has 0 aromatic heterocycles. The van der Waals surface area contributed by atoms with Crippen molar-refractivity contribution < 1.29 is 14.3 Å². The Morgan fingerprint density at radius 3 is 2.38 bits per heavy atom. The van der Waals surface area contributed by atoms with Crippen molar-refractivity contribution in [3.8, 4) is 0 Å². The molecule has 2 aliphatic rings. The number of benzene rings is 1. The lowest BCUT2D eigenvalue weighted by Crippen LogP contribution is -2.32. The van der Waals surface area contributed by atoms with Gasteiger partial charge in [0, 0.05) is 25.9 Å². The number of ether oxygens (including phenoxy) is 2. The zero-order valence-electron chi connectivity index (χ0n) is 15.7. The first-order valence-electron chi connectivity index (χ1n) is 8.69. The number of nitrogens with one attached hydrogen (secondary N) is 3. The molecular weight excluding hydrogens is 332 g/mol. The number of allylic oxidation sites excluding steroid dienone is 2. The molecule has 1 aromatic rings. The highest BCUT2D eigenvalue weighted by atomic mass is 16.5. The number of hydrogen-bond acceptors (Lipinski definition) is 6. The van der Waals surface area contributed by atoms with Gasteiger partial charge in [0.1, 0.15) is 22.9 Å². The first-order chi connectivity index (χ1) is 12.5. The minimum Gasteiger partial charge on any atom is -0.499 e. The second-order valence-corrected chi connectivity index (χ2v) is 6.54. The second-order valence-electron chi connectivity index (χ2n) is 6.54. The van der Waals surface area contributed by atoms with Gasteiger partial charge in [0.05, 0.1) is 31.2 Å². The maximum atomic E-state index is 12.6. The fourth-order valence-corrected chi connectivity index (χ4v) is 3.16. The summed E-state index contributed by atoms with van der Waals surface area (Å²) in [5.41, 5.74) is 3.89. The zero-order valence-corrected chi connectivity index (χ0v) is 15.7. The Morgan fingerprint density at radius 2 is 1.77 bits per heavy atom. The lowest BCUT2D eigenvalue weighted by atomic mass is 9.99. The predicted octanol–water partition coefficient (Wildman–Crippen LogP) is 2.33. The maximum Gasteiger partial charge on any atom is 0.253 e. The summed E-state index contributed by atoms with van der Waals surface area (Å²) in [4.78, 5) is 14.7. The van der Waals surface area contributed by atoms with E-state index in [0.29, 0.717) is 12.1 Å². The largest absolute Gasteiger partial charge is 0.499 e. The van der Waals surface area contributed by atoms with Gasteiger partial charge in [-0.1, -0.05) is 6.07 Å². The van der Waals surface area contributed by atoms with Gasteiger partial charge in [-0.3, -0.25) is 4.79 Å². The van der Waals surface area contributed by atoms with Gasteiger partial charge < -0.3 is 30.3 Å². The summed E-state index contributed by atoms with van der Waals surface area (Å²) in [6.45, 7) is 1.38. The molecule has 0 spiro atoms. The third kappa shape index (κ3) is 3.48. The van der Waals surface area contributed by atoms with Crippen LogP contribution in [0.4, 0.5) is 11.4 Å². The predicted molar refractivity (Wildman–Crippen MR) is 102 cm³/mol. The molecule has 26 heavy (non-hydrogen) atoms. The van der Waals surface area contributed by atoms with E-state index < -0.39 is 0 Å². The van der Waals surface area contributed by atoms with E-state index in [-0.39, 0.29) is 5.91 Å². The smallest absolute Gasteiger partial charge is 0.253 e. The van der Waals surface area contributed by atoms with Crippen LogP contribution in [0, 0.1) is 0 Å². The Kier molecular flexibility index (Phi) is 5.37. The summed E-state index contributed by atoms with van der Waals surface area (Å²) in [5.74, 6) is 1.62.